The Morgan fingerprint density at radius 2 is 1.64 bits per heavy atom. The largest absolute Gasteiger partial charge is 0.493 e. The van der Waals surface area contributed by atoms with Gasteiger partial charge in [0.05, 0.1) is 24.8 Å². The maximum absolute atomic E-state index is 14.1. The average Bonchev–Trinajstić information content (AvgIpc) is 2.98. The van der Waals surface area contributed by atoms with Gasteiger partial charge in [-0.1, -0.05) is 46.6 Å². The summed E-state index contributed by atoms with van der Waals surface area (Å²) in [6.07, 6.45) is 0.714. The van der Waals surface area contributed by atoms with Crippen molar-refractivity contribution in [2.75, 3.05) is 25.1 Å². The summed E-state index contributed by atoms with van der Waals surface area (Å²) in [6.45, 7) is 4.96. The van der Waals surface area contributed by atoms with Crippen LogP contribution in [-0.2, 0) is 26.2 Å². The highest BCUT2D eigenvalue weighted by atomic mass is 79.9. The maximum Gasteiger partial charge on any atom is 0.264 e. The summed E-state index contributed by atoms with van der Waals surface area (Å²) in [6, 6.07) is 16.7. The molecule has 0 unspecified atom stereocenters. The molecule has 0 aliphatic carbocycles. The van der Waals surface area contributed by atoms with Crippen molar-refractivity contribution in [2.24, 2.45) is 0 Å². The third kappa shape index (κ3) is 8.17. The highest BCUT2D eigenvalue weighted by Gasteiger charge is 2.33. The van der Waals surface area contributed by atoms with Gasteiger partial charge in [-0.05, 0) is 74.4 Å². The van der Waals surface area contributed by atoms with Crippen LogP contribution in [0.2, 0.25) is 5.02 Å². The fraction of sp³-hybridized carbons (Fsp3) is 0.333. The van der Waals surface area contributed by atoms with E-state index in [4.69, 9.17) is 21.1 Å². The van der Waals surface area contributed by atoms with Crippen LogP contribution < -0.4 is 19.1 Å². The molecule has 0 radical (unpaired) electrons. The molecule has 2 amide bonds. The Labute approximate surface area is 260 Å². The van der Waals surface area contributed by atoms with Crippen LogP contribution in [0.1, 0.15) is 32.8 Å². The summed E-state index contributed by atoms with van der Waals surface area (Å²) in [7, 11) is -1.45. The molecule has 12 heteroatoms. The van der Waals surface area contributed by atoms with Crippen molar-refractivity contribution < 1.29 is 27.5 Å². The molecule has 0 fully saturated rings. The topological polar surface area (TPSA) is 105 Å². The second-order valence-electron chi connectivity index (χ2n) is 9.65. The van der Waals surface area contributed by atoms with Crippen LogP contribution in [0.5, 0.6) is 11.5 Å². The van der Waals surface area contributed by atoms with E-state index in [2.05, 4.69) is 21.2 Å². The Bertz CT molecular complexity index is 1500. The zero-order valence-electron chi connectivity index (χ0n) is 24.1. The molecule has 0 aliphatic heterocycles. The van der Waals surface area contributed by atoms with Gasteiger partial charge < -0.3 is 19.7 Å². The Kier molecular flexibility index (Phi) is 11.7. The number of hydrogen-bond acceptors (Lipinski definition) is 6. The predicted octanol–water partition coefficient (Wildman–Crippen LogP) is 5.65. The third-order valence-corrected chi connectivity index (χ3v) is 9.26. The zero-order valence-corrected chi connectivity index (χ0v) is 27.3. The molecule has 3 aromatic carbocycles. The molecule has 0 saturated heterocycles. The van der Waals surface area contributed by atoms with Crippen LogP contribution in [0.15, 0.2) is 76.1 Å². The summed E-state index contributed by atoms with van der Waals surface area (Å²) >= 11 is 9.54. The van der Waals surface area contributed by atoms with Crippen LogP contribution >= 0.6 is 27.5 Å². The van der Waals surface area contributed by atoms with E-state index >= 15 is 0 Å². The van der Waals surface area contributed by atoms with E-state index < -0.39 is 28.5 Å². The number of carbonyl (C=O) groups is 2. The van der Waals surface area contributed by atoms with E-state index in [0.29, 0.717) is 17.2 Å². The lowest BCUT2D eigenvalue weighted by Gasteiger charge is -2.32. The quantitative estimate of drug-likeness (QED) is 0.250. The number of nitrogens with zero attached hydrogens (tertiary/aromatic N) is 2. The number of halogens is 2. The molecule has 0 saturated carbocycles. The Morgan fingerprint density at radius 3 is 2.24 bits per heavy atom. The average molecular weight is 681 g/mol. The van der Waals surface area contributed by atoms with Crippen LogP contribution in [0, 0.1) is 0 Å². The number of benzene rings is 3. The smallest absolute Gasteiger partial charge is 0.264 e. The van der Waals surface area contributed by atoms with Gasteiger partial charge in [-0.3, -0.25) is 13.9 Å². The molecule has 3 rings (SSSR count). The van der Waals surface area contributed by atoms with Gasteiger partial charge >= 0.3 is 0 Å². The van der Waals surface area contributed by atoms with E-state index in [1.165, 1.54) is 49.5 Å². The minimum Gasteiger partial charge on any atom is -0.493 e. The first-order chi connectivity index (χ1) is 19.9. The van der Waals surface area contributed by atoms with Gasteiger partial charge in [0.2, 0.25) is 11.8 Å². The summed E-state index contributed by atoms with van der Waals surface area (Å²) in [5.41, 5.74) is 0.989. The molecule has 3 aromatic rings. The molecule has 2 atom stereocenters. The summed E-state index contributed by atoms with van der Waals surface area (Å²) in [5.74, 6) is -0.339. The molecular weight excluding hydrogens is 646 g/mol. The summed E-state index contributed by atoms with van der Waals surface area (Å²) in [5, 5.41) is 3.32. The molecular formula is C30H35BrClN3O6S. The first kappa shape index (κ1) is 33.2. The van der Waals surface area contributed by atoms with Crippen LogP contribution in [-0.4, -0.2) is 58.0 Å². The number of hydrogen-bond donors (Lipinski definition) is 1. The monoisotopic (exact) mass is 679 g/mol. The molecule has 9 nitrogen and oxygen atoms in total. The Hall–Kier alpha value is -3.28. The van der Waals surface area contributed by atoms with Crippen molar-refractivity contribution in [1.82, 2.24) is 10.2 Å². The molecule has 0 spiro atoms. The van der Waals surface area contributed by atoms with Gasteiger partial charge in [0.15, 0.2) is 11.5 Å². The van der Waals surface area contributed by atoms with Crippen molar-refractivity contribution in [3.63, 3.8) is 0 Å². The first-order valence-corrected chi connectivity index (χ1v) is 15.9. The fourth-order valence-corrected chi connectivity index (χ4v) is 6.12. The molecule has 0 aliphatic rings. The van der Waals surface area contributed by atoms with E-state index in [9.17, 15) is 18.0 Å². The number of anilines is 1. The number of methoxy groups -OCH3 is 2. The van der Waals surface area contributed by atoms with Crippen molar-refractivity contribution in [3.8, 4) is 11.5 Å². The second kappa shape index (κ2) is 14.8. The summed E-state index contributed by atoms with van der Waals surface area (Å²) < 4.78 is 40.5. The van der Waals surface area contributed by atoms with E-state index in [1.54, 1.807) is 19.1 Å². The van der Waals surface area contributed by atoms with Gasteiger partial charge in [0.1, 0.15) is 12.6 Å². The Balaban J connectivity index is 2.06. The minimum absolute atomic E-state index is 0.0816. The number of nitrogens with one attached hydrogen (secondary N) is 1. The summed E-state index contributed by atoms with van der Waals surface area (Å²) in [4.78, 5) is 28.5. The molecule has 0 heterocycles. The molecule has 0 aromatic heterocycles. The number of sulfonamides is 1. The zero-order chi connectivity index (χ0) is 31.0. The standard InChI is InChI=1S/C30H35BrClN3O6S/c1-6-20(2)33-30(37)21(3)34(18-22-8-7-9-23(31)16-22)29(36)19-35(25-12-10-24(32)11-13-25)42(38,39)26-14-15-27(40-4)28(17-26)41-5/h7-17,20-21H,6,18-19H2,1-5H3,(H,33,37)/t20-,21-/m0/s1. The van der Waals surface area contributed by atoms with Crippen molar-refractivity contribution >= 4 is 55.1 Å². The number of carbonyl (C=O) groups excluding carboxylic acids is 2. The van der Waals surface area contributed by atoms with Crippen LogP contribution in [0.25, 0.3) is 0 Å². The molecule has 1 N–H and O–H groups in total. The number of ether oxygens (including phenoxy) is 2. The first-order valence-electron chi connectivity index (χ1n) is 13.3. The van der Waals surface area contributed by atoms with Crippen molar-refractivity contribution in [3.05, 3.63) is 81.8 Å². The van der Waals surface area contributed by atoms with Gasteiger partial charge in [0, 0.05) is 28.1 Å². The Morgan fingerprint density at radius 1 is 0.976 bits per heavy atom. The molecule has 42 heavy (non-hydrogen) atoms. The van der Waals surface area contributed by atoms with Crippen molar-refractivity contribution in [2.45, 2.75) is 50.7 Å². The lowest BCUT2D eigenvalue weighted by Crippen LogP contribution is -2.52. The fourth-order valence-electron chi connectivity index (χ4n) is 4.12. The van der Waals surface area contributed by atoms with E-state index in [1.807, 2.05) is 38.1 Å². The van der Waals surface area contributed by atoms with Gasteiger partial charge in [-0.25, -0.2) is 8.42 Å². The van der Waals surface area contributed by atoms with Gasteiger partial charge in [-0.15, -0.1) is 0 Å². The molecule has 226 valence electrons. The second-order valence-corrected chi connectivity index (χ2v) is 12.9. The molecule has 0 bridgehead atoms. The van der Waals surface area contributed by atoms with Crippen LogP contribution in [0.4, 0.5) is 5.69 Å². The lowest BCUT2D eigenvalue weighted by molar-refractivity contribution is -0.139. The normalized spacial score (nSPS) is 12.6. The lowest BCUT2D eigenvalue weighted by atomic mass is 10.1. The predicted molar refractivity (Wildman–Crippen MR) is 168 cm³/mol. The maximum atomic E-state index is 14.1. The number of rotatable bonds is 13. The SMILES string of the molecule is CC[C@H](C)NC(=O)[C@H](C)N(Cc1cccc(Br)c1)C(=O)CN(c1ccc(Cl)cc1)S(=O)(=O)c1ccc(OC)c(OC)c1. The highest BCUT2D eigenvalue weighted by molar-refractivity contribution is 9.10. The van der Waals surface area contributed by atoms with E-state index in [-0.39, 0.29) is 34.8 Å². The van der Waals surface area contributed by atoms with E-state index in [0.717, 1.165) is 14.3 Å². The number of amides is 2. The third-order valence-electron chi connectivity index (χ3n) is 6.75. The van der Waals surface area contributed by atoms with Gasteiger partial charge in [-0.2, -0.15) is 0 Å². The van der Waals surface area contributed by atoms with Crippen molar-refractivity contribution in [1.29, 1.82) is 0 Å². The van der Waals surface area contributed by atoms with Crippen LogP contribution in [0.3, 0.4) is 0 Å². The van der Waals surface area contributed by atoms with Gasteiger partial charge in [0.25, 0.3) is 10.0 Å². The highest BCUT2D eigenvalue weighted by Crippen LogP contribution is 2.32. The minimum atomic E-state index is -4.30.